The molecule has 5 aromatic rings. The molecule has 121 heavy (non-hydrogen) atoms. The molecule has 1 saturated heterocycles. The fourth-order valence-corrected chi connectivity index (χ4v) is 10.6. The van der Waals surface area contributed by atoms with Gasteiger partial charge in [-0.15, -0.1) is 0 Å². The number of carbonyl (C=O) groups excluding carboxylic acids is 7. The molecule has 1 fully saturated rings. The zero-order chi connectivity index (χ0) is 94.0. The minimum atomic E-state index is -0.963. The smallest absolute Gasteiger partial charge is 0.480 e. The minimum Gasteiger partial charge on any atom is -0.480 e. The topological polar surface area (TPSA) is 378 Å². The molecule has 0 bridgehead atoms. The van der Waals surface area contributed by atoms with Crippen LogP contribution in [0.1, 0.15) is 236 Å². The Kier molecular flexibility index (Phi) is 71.2. The summed E-state index contributed by atoms with van der Waals surface area (Å²) in [7, 11) is 6.12. The number of carbonyl (C=O) groups is 10. The lowest BCUT2D eigenvalue weighted by molar-refractivity contribution is -0.185. The van der Waals surface area contributed by atoms with Gasteiger partial charge in [0.2, 0.25) is 0 Å². The Labute approximate surface area is 735 Å². The van der Waals surface area contributed by atoms with Gasteiger partial charge in [0.25, 0.3) is 0 Å². The molecule has 0 saturated carbocycles. The highest BCUT2D eigenvalue weighted by Gasteiger charge is 2.39. The molecule has 1 aliphatic rings. The van der Waals surface area contributed by atoms with Crippen molar-refractivity contribution in [3.63, 3.8) is 0 Å². The summed E-state index contributed by atoms with van der Waals surface area (Å²) in [5, 5.41) is 26.8. The van der Waals surface area contributed by atoms with Crippen molar-refractivity contribution >= 4 is 86.9 Å². The highest BCUT2D eigenvalue weighted by Crippen LogP contribution is 2.29. The molecule has 8 atom stereocenters. The summed E-state index contributed by atoms with van der Waals surface area (Å²) in [6.45, 7) is 50.0. The first-order chi connectivity index (χ1) is 56.6. The number of hydrogen-bond donors (Lipinski definition) is 4. The van der Waals surface area contributed by atoms with E-state index in [9.17, 15) is 53.1 Å². The van der Waals surface area contributed by atoms with Crippen LogP contribution in [-0.2, 0) is 102 Å². The zero-order valence-electron chi connectivity index (χ0n) is 77.6. The SMILES string of the molecule is CC(C(=O)O)n1cccc1.CC(C)CCBr.CC(C)CCC(C)(C(=O)O)n1cccc1.CC(C)CCC(C)(C(=O)OC(=O)OCC(C)C)n1cccc1.CC(C)COC(=O)Cl.CC(N)C(=O)O.CCN(CC)CC.CCOC(=O)CC(=O)OCC.COC(=O)C(C)(CCC(C)C)n1cccc1.COC(=O)C(C)n1cccc1.COC1CCC(OC)O1. The molecule has 30 nitrogen and oxygen atoms in total. The van der Waals surface area contributed by atoms with Gasteiger partial charge in [-0.1, -0.05) is 120 Å². The van der Waals surface area contributed by atoms with Gasteiger partial charge >= 0.3 is 59.3 Å². The van der Waals surface area contributed by atoms with Crippen molar-refractivity contribution in [1.29, 1.82) is 0 Å². The number of alkyl halides is 1. The number of aromatic nitrogens is 5. The Bertz CT molecular complexity index is 3390. The standard InChI is InChI=1S/C17H27NO4.C13H21NO2.C12H19NO2.C8H11NO2.C7H9NO2.C7H12O4.C6H15N.C6H12O3.C5H11Br.C5H9ClO2.C3H7NO2/c1-13(2)8-9-17(5,18-10-6-7-11-18)15(19)22-16(20)21-12-14(3)4;1-11(2)7-8-13(3,12(15)16-4)14-9-5-6-10-14;1-10(2)6-7-12(3,11(14)15)13-8-4-5-9-13;1-7(8(10)11-2)9-5-3-4-6-9;1-6(7(9)10)8-4-2-3-5-8;1-3-10-6(8)5-7(9)11-4-2;1-4-7(5-2)6-3;1-7-5-3-4-6(8-2)9-5;1-5(2)3-4-6;1-4(2)3-8-5(6)7;1-2(4)3(5)6/h6-7,10-11,13-14H,8-9,12H2,1-5H3;5-6,9-11H,7-8H2,1-4H3;4-5,8-10H,6-7H2,1-3H3,(H,14,15);3-7H,1-2H3;2-6H,1H3,(H,9,10);3-5H2,1-2H3;4-6H2,1-3H3;5-6H,3-4H2,1-2H3;5H,3-4H2,1-2H3;4H,3H2,1-2H3;2H,4H2,1H3,(H,5,6). The van der Waals surface area contributed by atoms with Crippen LogP contribution < -0.4 is 5.73 Å². The van der Waals surface area contributed by atoms with Gasteiger partial charge in [-0.2, -0.15) is 0 Å². The van der Waals surface area contributed by atoms with Crippen molar-refractivity contribution < 1.29 is 111 Å². The molecule has 5 N–H and O–H groups in total. The number of aliphatic carboxylic acids is 3. The average Bonchev–Trinajstić information content (AvgIpc) is 1.81. The second-order valence-corrected chi connectivity index (χ2v) is 32.0. The number of carboxylic acid groups (broad SMARTS) is 3. The number of nitrogens with zero attached hydrogens (tertiary/aromatic N) is 6. The van der Waals surface area contributed by atoms with Crippen molar-refractivity contribution in [2.75, 3.05) is 79.8 Å². The molecule has 0 amide bonds. The third-order valence-electron chi connectivity index (χ3n) is 17.7. The molecular formula is C89H153BrClN7O23. The zero-order valence-corrected chi connectivity index (χ0v) is 80.0. The van der Waals surface area contributed by atoms with Crippen LogP contribution >= 0.6 is 27.5 Å². The fourth-order valence-electron chi connectivity index (χ4n) is 9.61. The molecule has 32 heteroatoms. The van der Waals surface area contributed by atoms with Crippen LogP contribution in [0.3, 0.4) is 0 Å². The second kappa shape index (κ2) is 71.1. The summed E-state index contributed by atoms with van der Waals surface area (Å²) >= 11 is 8.21. The molecular weight excluding hydrogens is 1650 g/mol. The van der Waals surface area contributed by atoms with E-state index >= 15 is 0 Å². The number of hydrogen-bond acceptors (Lipinski definition) is 22. The Morgan fingerprint density at radius 2 is 0.785 bits per heavy atom. The molecule has 8 unspecified atom stereocenters. The molecule has 0 aromatic carbocycles. The quantitative estimate of drug-likeness (QED) is 0.00962. The van der Waals surface area contributed by atoms with E-state index in [1.165, 1.54) is 47.2 Å². The van der Waals surface area contributed by atoms with Crippen molar-refractivity contribution in [3.8, 4) is 0 Å². The van der Waals surface area contributed by atoms with E-state index < -0.39 is 76.1 Å². The Morgan fingerprint density at radius 1 is 0.463 bits per heavy atom. The van der Waals surface area contributed by atoms with Crippen molar-refractivity contribution in [1.82, 2.24) is 27.7 Å². The van der Waals surface area contributed by atoms with Gasteiger partial charge in [-0.05, 0) is 216 Å². The maximum absolute atomic E-state index is 12.5. The van der Waals surface area contributed by atoms with E-state index in [2.05, 4.69) is 116 Å². The van der Waals surface area contributed by atoms with Crippen LogP contribution in [0.4, 0.5) is 9.59 Å². The highest BCUT2D eigenvalue weighted by molar-refractivity contribution is 9.09. The summed E-state index contributed by atoms with van der Waals surface area (Å²) in [6.07, 6.45) is 24.9. The Hall–Kier alpha value is -8.33. The van der Waals surface area contributed by atoms with E-state index in [0.29, 0.717) is 43.1 Å². The van der Waals surface area contributed by atoms with Gasteiger partial charge in [0.05, 0.1) is 40.6 Å². The van der Waals surface area contributed by atoms with Crippen LogP contribution in [-0.4, -0.2) is 201 Å². The van der Waals surface area contributed by atoms with E-state index in [-0.39, 0.29) is 62.7 Å². The minimum absolute atomic E-state index is 0.0463. The van der Waals surface area contributed by atoms with E-state index in [1.807, 2.05) is 125 Å². The second-order valence-electron chi connectivity index (χ2n) is 30.9. The Morgan fingerprint density at radius 3 is 1.02 bits per heavy atom. The number of carboxylic acids is 3. The van der Waals surface area contributed by atoms with E-state index in [0.717, 1.165) is 49.8 Å². The molecule has 5 aromatic heterocycles. The summed E-state index contributed by atoms with van der Waals surface area (Å²) in [6, 6.07) is 17.2. The van der Waals surface area contributed by atoms with Gasteiger partial charge < -0.3 is 96.2 Å². The largest absolute Gasteiger partial charge is 0.516 e. The molecule has 696 valence electrons. The normalized spacial score (nSPS) is 14.4. The summed E-state index contributed by atoms with van der Waals surface area (Å²) in [4.78, 5) is 112. The third-order valence-corrected chi connectivity index (χ3v) is 18.3. The summed E-state index contributed by atoms with van der Waals surface area (Å²) in [5.74, 6) is -1.62. The number of nitrogens with two attached hydrogens (primary N) is 1. The van der Waals surface area contributed by atoms with Gasteiger partial charge in [0.1, 0.15) is 41.2 Å². The van der Waals surface area contributed by atoms with Crippen molar-refractivity contribution in [3.05, 3.63) is 123 Å². The fraction of sp³-hybridized carbons (Fsp3) is 0.663. The van der Waals surface area contributed by atoms with Gasteiger partial charge in [0.15, 0.2) is 12.6 Å². The Balaban J connectivity index is -0.000000417. The predicted molar refractivity (Wildman–Crippen MR) is 476 cm³/mol. The maximum Gasteiger partial charge on any atom is 0.516 e. The predicted octanol–water partition coefficient (Wildman–Crippen LogP) is 18.3. The van der Waals surface area contributed by atoms with Crippen LogP contribution in [0.15, 0.2) is 123 Å². The first-order valence-electron chi connectivity index (χ1n) is 41.4. The van der Waals surface area contributed by atoms with Crippen LogP contribution in [0.5, 0.6) is 0 Å². The number of esters is 5. The third kappa shape index (κ3) is 59.2. The maximum atomic E-state index is 12.5. The molecule has 1 aliphatic heterocycles. The summed E-state index contributed by atoms with van der Waals surface area (Å²) < 4.78 is 56.8. The average molecular weight is 1800 g/mol. The number of ether oxygens (including phenoxy) is 10. The van der Waals surface area contributed by atoms with E-state index in [4.69, 9.17) is 56.0 Å². The van der Waals surface area contributed by atoms with Crippen molar-refractivity contribution in [2.45, 2.75) is 271 Å². The molecule has 0 radical (unpaired) electrons. The molecule has 0 aliphatic carbocycles. The van der Waals surface area contributed by atoms with E-state index in [1.54, 1.807) is 111 Å². The van der Waals surface area contributed by atoms with Gasteiger partial charge in [-0.25, -0.2) is 33.6 Å². The van der Waals surface area contributed by atoms with Crippen molar-refractivity contribution in [2.24, 2.45) is 41.2 Å². The molecule has 0 spiro atoms. The summed E-state index contributed by atoms with van der Waals surface area (Å²) in [5.41, 5.74) is 1.81. The molecule has 6 heterocycles. The van der Waals surface area contributed by atoms with Gasteiger partial charge in [-0.3, -0.25) is 14.4 Å². The van der Waals surface area contributed by atoms with Crippen LogP contribution in [0.2, 0.25) is 0 Å². The molecule has 6 rings (SSSR count). The lowest BCUT2D eigenvalue weighted by Crippen LogP contribution is -2.41. The first kappa shape index (κ1) is 121. The van der Waals surface area contributed by atoms with Crippen LogP contribution in [0.25, 0.3) is 0 Å². The van der Waals surface area contributed by atoms with Crippen LogP contribution in [0, 0.1) is 35.5 Å². The number of methoxy groups -OCH3 is 4. The first-order valence-corrected chi connectivity index (χ1v) is 42.9. The number of halogens is 2. The lowest BCUT2D eigenvalue weighted by atomic mass is 9.91. The number of rotatable bonds is 35. The highest BCUT2D eigenvalue weighted by atomic mass is 79.9. The van der Waals surface area contributed by atoms with Gasteiger partial charge in [0, 0.05) is 106 Å². The monoisotopic (exact) mass is 1800 g/mol. The lowest BCUT2D eigenvalue weighted by Gasteiger charge is -2.29.